The maximum atomic E-state index is 5.95. The maximum Gasteiger partial charge on any atom is 0.179 e. The number of thioether (sulfide) groups is 1. The van der Waals surface area contributed by atoms with Gasteiger partial charge in [0.05, 0.1) is 11.3 Å². The minimum absolute atomic E-state index is 0.356. The highest BCUT2D eigenvalue weighted by Crippen LogP contribution is 2.39. The van der Waals surface area contributed by atoms with Crippen molar-refractivity contribution in [2.24, 2.45) is 0 Å². The summed E-state index contributed by atoms with van der Waals surface area (Å²) in [4.78, 5) is 5.45. The lowest BCUT2D eigenvalue weighted by atomic mass is 10.1. The number of rotatable bonds is 3. The van der Waals surface area contributed by atoms with Gasteiger partial charge < -0.3 is 10.3 Å². The third kappa shape index (κ3) is 2.16. The molecule has 0 saturated carbocycles. The van der Waals surface area contributed by atoms with Crippen LogP contribution in [0.15, 0.2) is 58.1 Å². The zero-order valence-electron chi connectivity index (χ0n) is 10.9. The van der Waals surface area contributed by atoms with Gasteiger partial charge in [-0.2, -0.15) is 0 Å². The number of aromatic nitrogens is 2. The van der Waals surface area contributed by atoms with Crippen LogP contribution in [-0.2, 0) is 0 Å². The summed E-state index contributed by atoms with van der Waals surface area (Å²) in [5.74, 6) is 1.01. The summed E-state index contributed by atoms with van der Waals surface area (Å²) >= 11 is 1.65. The predicted octanol–water partition coefficient (Wildman–Crippen LogP) is 3.71. The van der Waals surface area contributed by atoms with Gasteiger partial charge in [-0.25, -0.2) is 0 Å². The van der Waals surface area contributed by atoms with Crippen LogP contribution < -0.4 is 5.73 Å². The van der Waals surface area contributed by atoms with Crippen molar-refractivity contribution in [3.8, 4) is 22.6 Å². The van der Waals surface area contributed by atoms with Crippen LogP contribution in [0, 0.1) is 0 Å². The Balaban J connectivity index is 2.22. The van der Waals surface area contributed by atoms with E-state index < -0.39 is 0 Å². The monoisotopic (exact) mass is 283 g/mol. The van der Waals surface area contributed by atoms with E-state index in [1.807, 2.05) is 48.7 Å². The molecule has 0 spiro atoms. The first-order valence-electron chi connectivity index (χ1n) is 6.11. The van der Waals surface area contributed by atoms with Crippen molar-refractivity contribution < 1.29 is 4.52 Å². The summed E-state index contributed by atoms with van der Waals surface area (Å²) in [5, 5.41) is 3.90. The highest BCUT2D eigenvalue weighted by molar-refractivity contribution is 7.98. The average molecular weight is 283 g/mol. The molecule has 4 nitrogen and oxygen atoms in total. The Labute approximate surface area is 121 Å². The van der Waals surface area contributed by atoms with Crippen molar-refractivity contribution in [2.45, 2.75) is 4.90 Å². The van der Waals surface area contributed by atoms with Crippen LogP contribution in [-0.4, -0.2) is 16.4 Å². The van der Waals surface area contributed by atoms with Gasteiger partial charge in [0.15, 0.2) is 11.6 Å². The first kappa shape index (κ1) is 12.7. The highest BCUT2D eigenvalue weighted by Gasteiger charge is 2.20. The van der Waals surface area contributed by atoms with Crippen molar-refractivity contribution in [3.05, 3.63) is 48.7 Å². The van der Waals surface area contributed by atoms with Crippen LogP contribution in [0.5, 0.6) is 0 Å². The summed E-state index contributed by atoms with van der Waals surface area (Å²) < 4.78 is 5.45. The van der Waals surface area contributed by atoms with Crippen LogP contribution in [0.4, 0.5) is 5.82 Å². The molecule has 100 valence electrons. The van der Waals surface area contributed by atoms with Gasteiger partial charge >= 0.3 is 0 Å². The molecule has 0 bridgehead atoms. The minimum atomic E-state index is 0.356. The fraction of sp³-hybridized carbons (Fsp3) is 0.0667. The van der Waals surface area contributed by atoms with Crippen molar-refractivity contribution in [3.63, 3.8) is 0 Å². The molecular formula is C15H13N3OS. The van der Waals surface area contributed by atoms with E-state index in [-0.39, 0.29) is 0 Å². The van der Waals surface area contributed by atoms with E-state index in [9.17, 15) is 0 Å². The van der Waals surface area contributed by atoms with Gasteiger partial charge in [0, 0.05) is 16.7 Å². The lowest BCUT2D eigenvalue weighted by Crippen LogP contribution is -1.91. The quantitative estimate of drug-likeness (QED) is 0.742. The number of pyridine rings is 1. The summed E-state index contributed by atoms with van der Waals surface area (Å²) in [7, 11) is 0. The Bertz CT molecular complexity index is 725. The molecule has 0 aliphatic heterocycles. The summed E-state index contributed by atoms with van der Waals surface area (Å²) in [6.07, 6.45) is 3.75. The van der Waals surface area contributed by atoms with Gasteiger partial charge in [-0.05, 0) is 30.5 Å². The van der Waals surface area contributed by atoms with E-state index in [4.69, 9.17) is 10.3 Å². The molecule has 5 heteroatoms. The highest BCUT2D eigenvalue weighted by atomic mass is 32.2. The van der Waals surface area contributed by atoms with Crippen molar-refractivity contribution in [1.82, 2.24) is 10.1 Å². The second-order valence-corrected chi connectivity index (χ2v) is 5.04. The fourth-order valence-electron chi connectivity index (χ4n) is 2.08. The number of hydrogen-bond acceptors (Lipinski definition) is 5. The molecule has 0 atom stereocenters. The third-order valence-corrected chi connectivity index (χ3v) is 3.79. The first-order valence-corrected chi connectivity index (χ1v) is 7.33. The maximum absolute atomic E-state index is 5.95. The molecule has 0 unspecified atom stereocenters. The lowest BCUT2D eigenvalue weighted by Gasteiger charge is -2.06. The number of nitrogens with zero attached hydrogens (tertiary/aromatic N) is 2. The van der Waals surface area contributed by atoms with E-state index in [0.717, 1.165) is 21.7 Å². The molecule has 20 heavy (non-hydrogen) atoms. The van der Waals surface area contributed by atoms with E-state index >= 15 is 0 Å². The standard InChI is InChI=1S/C15H13N3OS/c1-20-12-8-3-2-6-10(12)14-13(15(16)18-19-14)11-7-4-5-9-17-11/h2-9H,1H3,(H2,16,18). The van der Waals surface area contributed by atoms with E-state index in [1.54, 1.807) is 18.0 Å². The number of anilines is 1. The summed E-state index contributed by atoms with van der Waals surface area (Å²) in [6, 6.07) is 13.7. The molecule has 2 aromatic heterocycles. The summed E-state index contributed by atoms with van der Waals surface area (Å²) in [6.45, 7) is 0. The van der Waals surface area contributed by atoms with Gasteiger partial charge in [0.2, 0.25) is 0 Å². The molecule has 0 fully saturated rings. The Morgan fingerprint density at radius 2 is 1.90 bits per heavy atom. The van der Waals surface area contributed by atoms with E-state index in [2.05, 4.69) is 10.1 Å². The Hall–Kier alpha value is -2.27. The molecular weight excluding hydrogens is 270 g/mol. The molecule has 0 aliphatic carbocycles. The second-order valence-electron chi connectivity index (χ2n) is 4.19. The zero-order chi connectivity index (χ0) is 13.9. The molecule has 0 amide bonds. The molecule has 0 saturated heterocycles. The SMILES string of the molecule is CSc1ccccc1-c1onc(N)c1-c1ccccn1. The molecule has 3 rings (SSSR count). The first-order chi connectivity index (χ1) is 9.81. The minimum Gasteiger partial charge on any atom is -0.380 e. The predicted molar refractivity (Wildman–Crippen MR) is 81.4 cm³/mol. The molecule has 0 radical (unpaired) electrons. The third-order valence-electron chi connectivity index (χ3n) is 2.99. The Kier molecular flexibility index (Phi) is 3.43. The number of hydrogen-bond donors (Lipinski definition) is 1. The van der Waals surface area contributed by atoms with Crippen molar-refractivity contribution in [1.29, 1.82) is 0 Å². The average Bonchev–Trinajstić information content (AvgIpc) is 2.89. The van der Waals surface area contributed by atoms with E-state index in [1.165, 1.54) is 0 Å². The number of nitrogen functional groups attached to an aromatic ring is 1. The van der Waals surface area contributed by atoms with Crippen LogP contribution in [0.1, 0.15) is 0 Å². The zero-order valence-corrected chi connectivity index (χ0v) is 11.7. The van der Waals surface area contributed by atoms with Crippen molar-refractivity contribution in [2.75, 3.05) is 12.0 Å². The van der Waals surface area contributed by atoms with Gasteiger partial charge in [-0.15, -0.1) is 11.8 Å². The fourth-order valence-corrected chi connectivity index (χ4v) is 2.67. The van der Waals surface area contributed by atoms with Crippen LogP contribution in [0.3, 0.4) is 0 Å². The molecule has 1 aromatic carbocycles. The second kappa shape index (κ2) is 5.38. The van der Waals surface area contributed by atoms with E-state index in [0.29, 0.717) is 11.6 Å². The molecule has 0 aliphatic rings. The van der Waals surface area contributed by atoms with Crippen LogP contribution >= 0.6 is 11.8 Å². The molecule has 3 aromatic rings. The largest absolute Gasteiger partial charge is 0.380 e. The molecule has 2 heterocycles. The number of benzene rings is 1. The van der Waals surface area contributed by atoms with Crippen LogP contribution in [0.2, 0.25) is 0 Å². The van der Waals surface area contributed by atoms with Gasteiger partial charge in [-0.1, -0.05) is 23.4 Å². The van der Waals surface area contributed by atoms with Gasteiger partial charge in [0.25, 0.3) is 0 Å². The van der Waals surface area contributed by atoms with Crippen molar-refractivity contribution >= 4 is 17.6 Å². The summed E-state index contributed by atoms with van der Waals surface area (Å²) in [5.41, 5.74) is 8.43. The number of nitrogens with two attached hydrogens (primary N) is 1. The Morgan fingerprint density at radius 1 is 1.10 bits per heavy atom. The lowest BCUT2D eigenvalue weighted by molar-refractivity contribution is 0.435. The topological polar surface area (TPSA) is 64.9 Å². The Morgan fingerprint density at radius 3 is 2.65 bits per heavy atom. The normalized spacial score (nSPS) is 10.7. The van der Waals surface area contributed by atoms with Crippen LogP contribution in [0.25, 0.3) is 22.6 Å². The molecule has 2 N–H and O–H groups in total. The van der Waals surface area contributed by atoms with Gasteiger partial charge in [0.1, 0.15) is 0 Å². The van der Waals surface area contributed by atoms with Gasteiger partial charge in [-0.3, -0.25) is 4.98 Å². The smallest absolute Gasteiger partial charge is 0.179 e.